The number of benzene rings is 1. The van der Waals surface area contributed by atoms with Gasteiger partial charge in [0.05, 0.1) is 0 Å². The molecule has 0 aliphatic heterocycles. The average Bonchev–Trinajstić information content (AvgIpc) is 2.52. The number of ether oxygens (including phenoxy) is 1. The van der Waals surface area contributed by atoms with Gasteiger partial charge in [0, 0.05) is 32.0 Å². The van der Waals surface area contributed by atoms with Crippen LogP contribution in [-0.4, -0.2) is 30.2 Å². The summed E-state index contributed by atoms with van der Waals surface area (Å²) in [6.07, 6.45) is 2.50. The van der Waals surface area contributed by atoms with Gasteiger partial charge in [-0.15, -0.1) is 0 Å². The number of hydrogen-bond donors (Lipinski definition) is 2. The van der Waals surface area contributed by atoms with Crippen molar-refractivity contribution in [2.45, 2.75) is 26.2 Å². The highest BCUT2D eigenvalue weighted by atomic mass is 16.5. The molecule has 0 bridgehead atoms. The minimum atomic E-state index is 0.538. The van der Waals surface area contributed by atoms with Gasteiger partial charge >= 0.3 is 0 Å². The molecule has 1 heterocycles. The molecule has 0 amide bonds. The fourth-order valence-electron chi connectivity index (χ4n) is 2.05. The molecule has 1 aromatic carbocycles. The van der Waals surface area contributed by atoms with Gasteiger partial charge in [-0.3, -0.25) is 0 Å². The zero-order valence-electron chi connectivity index (χ0n) is 13.5. The molecule has 2 N–H and O–H groups in total. The number of hydrogen-bond acceptors (Lipinski definition) is 5. The van der Waals surface area contributed by atoms with E-state index in [-0.39, 0.29) is 0 Å². The van der Waals surface area contributed by atoms with E-state index in [9.17, 15) is 0 Å². The summed E-state index contributed by atoms with van der Waals surface area (Å²) in [5.74, 6) is 2.13. The van der Waals surface area contributed by atoms with Crippen LogP contribution in [0.4, 0.5) is 17.3 Å². The summed E-state index contributed by atoms with van der Waals surface area (Å²) >= 11 is 0. The lowest BCUT2D eigenvalue weighted by atomic mass is 10.0. The van der Waals surface area contributed by atoms with Gasteiger partial charge in [0.2, 0.25) is 0 Å². The third-order valence-electron chi connectivity index (χ3n) is 3.35. The van der Waals surface area contributed by atoms with Crippen molar-refractivity contribution in [3.8, 4) is 0 Å². The van der Waals surface area contributed by atoms with Crippen molar-refractivity contribution in [1.29, 1.82) is 0 Å². The smallest absolute Gasteiger partial charge is 0.135 e. The van der Waals surface area contributed by atoms with E-state index in [0.29, 0.717) is 5.92 Å². The number of nitrogens with one attached hydrogen (secondary N) is 2. The Kier molecular flexibility index (Phi) is 6.15. The number of methoxy groups -OCH3 is 1. The highest BCUT2D eigenvalue weighted by Crippen LogP contribution is 2.20. The zero-order chi connectivity index (χ0) is 15.8. The Morgan fingerprint density at radius 2 is 1.82 bits per heavy atom. The molecule has 5 heteroatoms. The SMILES string of the molecule is COCCCNc1cc(Nc2ccc(C(C)C)cc2)ncn1. The van der Waals surface area contributed by atoms with Crippen LogP contribution in [0.1, 0.15) is 31.7 Å². The van der Waals surface area contributed by atoms with Gasteiger partial charge in [-0.25, -0.2) is 9.97 Å². The van der Waals surface area contributed by atoms with Gasteiger partial charge in [-0.1, -0.05) is 26.0 Å². The molecule has 0 fully saturated rings. The van der Waals surface area contributed by atoms with E-state index in [1.807, 2.05) is 6.07 Å². The highest BCUT2D eigenvalue weighted by Gasteiger charge is 2.01. The molecule has 1 aromatic heterocycles. The minimum absolute atomic E-state index is 0.538. The topological polar surface area (TPSA) is 59.1 Å². The van der Waals surface area contributed by atoms with Crippen molar-refractivity contribution in [3.05, 3.63) is 42.2 Å². The first-order chi connectivity index (χ1) is 10.7. The van der Waals surface area contributed by atoms with Crippen molar-refractivity contribution >= 4 is 17.3 Å². The minimum Gasteiger partial charge on any atom is -0.385 e. The molecule has 118 valence electrons. The predicted molar refractivity (Wildman–Crippen MR) is 90.8 cm³/mol. The second kappa shape index (κ2) is 8.34. The standard InChI is InChI=1S/C17H24N4O/c1-13(2)14-5-7-15(8-6-14)21-17-11-16(19-12-20-17)18-9-4-10-22-3/h5-8,11-13H,4,9-10H2,1-3H3,(H2,18,19,20,21). The number of aromatic nitrogens is 2. The van der Waals surface area contributed by atoms with Crippen LogP contribution in [0.3, 0.4) is 0 Å². The number of rotatable bonds is 8. The molecule has 0 aliphatic rings. The van der Waals surface area contributed by atoms with Crippen LogP contribution in [0.15, 0.2) is 36.7 Å². The Morgan fingerprint density at radius 3 is 2.50 bits per heavy atom. The van der Waals surface area contributed by atoms with E-state index in [2.05, 4.69) is 58.7 Å². The number of nitrogens with zero attached hydrogens (tertiary/aromatic N) is 2. The molecule has 0 unspecified atom stereocenters. The first-order valence-electron chi connectivity index (χ1n) is 7.61. The van der Waals surface area contributed by atoms with Crippen molar-refractivity contribution < 1.29 is 4.74 Å². The largest absolute Gasteiger partial charge is 0.385 e. The molecule has 22 heavy (non-hydrogen) atoms. The summed E-state index contributed by atoms with van der Waals surface area (Å²) < 4.78 is 5.02. The summed E-state index contributed by atoms with van der Waals surface area (Å²) in [6.45, 7) is 5.95. The maximum Gasteiger partial charge on any atom is 0.135 e. The zero-order valence-corrected chi connectivity index (χ0v) is 13.5. The van der Waals surface area contributed by atoms with Gasteiger partial charge in [0.15, 0.2) is 0 Å². The second-order valence-corrected chi connectivity index (χ2v) is 5.46. The summed E-state index contributed by atoms with van der Waals surface area (Å²) in [5.41, 5.74) is 2.35. The monoisotopic (exact) mass is 300 g/mol. The van der Waals surface area contributed by atoms with Crippen LogP contribution in [0.5, 0.6) is 0 Å². The quantitative estimate of drug-likeness (QED) is 0.726. The summed E-state index contributed by atoms with van der Waals surface area (Å²) in [7, 11) is 1.71. The summed E-state index contributed by atoms with van der Waals surface area (Å²) in [5, 5.41) is 6.55. The first kappa shape index (κ1) is 16.2. The van der Waals surface area contributed by atoms with E-state index in [0.717, 1.165) is 36.9 Å². The molecular formula is C17H24N4O. The highest BCUT2D eigenvalue weighted by molar-refractivity contribution is 5.59. The lowest BCUT2D eigenvalue weighted by Crippen LogP contribution is -2.06. The Labute approximate surface area is 132 Å². The Balaban J connectivity index is 1.94. The van der Waals surface area contributed by atoms with E-state index >= 15 is 0 Å². The van der Waals surface area contributed by atoms with E-state index < -0.39 is 0 Å². The molecule has 0 radical (unpaired) electrons. The Bertz CT molecular complexity index is 569. The molecule has 5 nitrogen and oxygen atoms in total. The van der Waals surface area contributed by atoms with Crippen LogP contribution < -0.4 is 10.6 Å². The van der Waals surface area contributed by atoms with Crippen molar-refractivity contribution in [3.63, 3.8) is 0 Å². The van der Waals surface area contributed by atoms with Gasteiger partial charge in [0.25, 0.3) is 0 Å². The molecule has 2 rings (SSSR count). The van der Waals surface area contributed by atoms with E-state index in [4.69, 9.17) is 4.74 Å². The molecule has 0 aliphatic carbocycles. The second-order valence-electron chi connectivity index (χ2n) is 5.46. The Morgan fingerprint density at radius 1 is 1.09 bits per heavy atom. The maximum absolute atomic E-state index is 5.02. The van der Waals surface area contributed by atoms with Gasteiger partial charge < -0.3 is 15.4 Å². The van der Waals surface area contributed by atoms with Crippen molar-refractivity contribution in [2.75, 3.05) is 30.9 Å². The normalized spacial score (nSPS) is 10.7. The van der Waals surface area contributed by atoms with Crippen molar-refractivity contribution in [2.24, 2.45) is 0 Å². The molecule has 0 saturated heterocycles. The first-order valence-corrected chi connectivity index (χ1v) is 7.61. The van der Waals surface area contributed by atoms with Crippen LogP contribution in [0.2, 0.25) is 0 Å². The van der Waals surface area contributed by atoms with Gasteiger partial charge in [-0.05, 0) is 30.0 Å². The lowest BCUT2D eigenvalue weighted by Gasteiger charge is -2.10. The van der Waals surface area contributed by atoms with E-state index in [1.165, 1.54) is 5.56 Å². The molecule has 2 aromatic rings. The summed E-state index contributed by atoms with van der Waals surface area (Å²) in [6, 6.07) is 10.3. The number of anilines is 3. The molecule has 0 spiro atoms. The molecular weight excluding hydrogens is 276 g/mol. The van der Waals surface area contributed by atoms with Crippen LogP contribution in [0.25, 0.3) is 0 Å². The lowest BCUT2D eigenvalue weighted by molar-refractivity contribution is 0.198. The fraction of sp³-hybridized carbons (Fsp3) is 0.412. The van der Waals surface area contributed by atoms with E-state index in [1.54, 1.807) is 13.4 Å². The summed E-state index contributed by atoms with van der Waals surface area (Å²) in [4.78, 5) is 8.46. The van der Waals surface area contributed by atoms with Gasteiger partial charge in [0.1, 0.15) is 18.0 Å². The third kappa shape index (κ3) is 5.00. The van der Waals surface area contributed by atoms with Gasteiger partial charge in [-0.2, -0.15) is 0 Å². The Hall–Kier alpha value is -2.14. The molecule has 0 atom stereocenters. The van der Waals surface area contributed by atoms with Crippen LogP contribution >= 0.6 is 0 Å². The fourth-order valence-corrected chi connectivity index (χ4v) is 2.05. The predicted octanol–water partition coefficient (Wildman–Crippen LogP) is 3.79. The van der Waals surface area contributed by atoms with Crippen molar-refractivity contribution in [1.82, 2.24) is 9.97 Å². The maximum atomic E-state index is 5.02. The average molecular weight is 300 g/mol. The van der Waals surface area contributed by atoms with Crippen LogP contribution in [0, 0.1) is 0 Å². The molecule has 0 saturated carbocycles. The van der Waals surface area contributed by atoms with Crippen LogP contribution in [-0.2, 0) is 4.74 Å². The third-order valence-corrected chi connectivity index (χ3v) is 3.35.